The van der Waals surface area contributed by atoms with Crippen molar-refractivity contribution in [3.05, 3.63) is 57.5 Å². The van der Waals surface area contributed by atoms with Crippen molar-refractivity contribution in [1.29, 1.82) is 0 Å². The highest BCUT2D eigenvalue weighted by Gasteiger charge is 2.18. The van der Waals surface area contributed by atoms with E-state index in [0.29, 0.717) is 18.7 Å². The number of hydrogen-bond donors (Lipinski definition) is 1. The fraction of sp³-hybridized carbons (Fsp3) is 0.176. The molecule has 3 aromatic rings. The van der Waals surface area contributed by atoms with Gasteiger partial charge in [-0.2, -0.15) is 0 Å². The van der Waals surface area contributed by atoms with Gasteiger partial charge in [0.1, 0.15) is 10.4 Å². The van der Waals surface area contributed by atoms with Gasteiger partial charge in [-0.25, -0.2) is 9.78 Å². The molecule has 0 bridgehead atoms. The monoisotopic (exact) mass is 390 g/mol. The van der Waals surface area contributed by atoms with Crippen LogP contribution >= 0.6 is 27.3 Å². The Labute approximate surface area is 146 Å². The standard InChI is InChI=1S/C17H15BrN2O2S/c1-2-22-17(21)13-10-20-16-12(8-14(18)23-16)15(13)19-9-11-6-4-3-5-7-11/h3-8,10H,2,9H2,1H3,(H,19,20). The van der Waals surface area contributed by atoms with Crippen molar-refractivity contribution in [3.8, 4) is 0 Å². The van der Waals surface area contributed by atoms with Gasteiger partial charge in [-0.15, -0.1) is 11.3 Å². The number of carbonyl (C=O) groups excluding carboxylic acids is 1. The number of benzene rings is 1. The van der Waals surface area contributed by atoms with Crippen LogP contribution in [0.3, 0.4) is 0 Å². The first-order valence-corrected chi connectivity index (χ1v) is 8.83. The number of halogens is 1. The molecule has 2 heterocycles. The molecule has 4 nitrogen and oxygen atoms in total. The van der Waals surface area contributed by atoms with Crippen molar-refractivity contribution < 1.29 is 9.53 Å². The number of anilines is 1. The minimum atomic E-state index is -0.361. The SMILES string of the molecule is CCOC(=O)c1cnc2sc(Br)cc2c1NCc1ccccc1. The number of ether oxygens (including phenoxy) is 1. The molecule has 0 saturated heterocycles. The summed E-state index contributed by atoms with van der Waals surface area (Å²) in [5.74, 6) is -0.361. The summed E-state index contributed by atoms with van der Waals surface area (Å²) in [7, 11) is 0. The van der Waals surface area contributed by atoms with Gasteiger partial charge in [0.05, 0.1) is 16.1 Å². The van der Waals surface area contributed by atoms with E-state index in [0.717, 1.165) is 25.3 Å². The van der Waals surface area contributed by atoms with Gasteiger partial charge in [-0.05, 0) is 34.5 Å². The van der Waals surface area contributed by atoms with Gasteiger partial charge in [0.25, 0.3) is 0 Å². The van der Waals surface area contributed by atoms with Crippen LogP contribution in [-0.4, -0.2) is 17.6 Å². The Morgan fingerprint density at radius 3 is 2.87 bits per heavy atom. The lowest BCUT2D eigenvalue weighted by Gasteiger charge is -2.12. The molecule has 0 fully saturated rings. The molecule has 0 atom stereocenters. The third kappa shape index (κ3) is 3.54. The molecule has 0 aliphatic rings. The van der Waals surface area contributed by atoms with E-state index in [2.05, 4.69) is 26.2 Å². The second-order valence-electron chi connectivity index (χ2n) is 4.88. The highest BCUT2D eigenvalue weighted by atomic mass is 79.9. The lowest BCUT2D eigenvalue weighted by Crippen LogP contribution is -2.10. The maximum atomic E-state index is 12.2. The summed E-state index contributed by atoms with van der Waals surface area (Å²) in [6.45, 7) is 2.75. The minimum absolute atomic E-state index is 0.336. The number of nitrogens with one attached hydrogen (secondary N) is 1. The van der Waals surface area contributed by atoms with Gasteiger partial charge < -0.3 is 10.1 Å². The molecule has 0 unspecified atom stereocenters. The molecule has 3 rings (SSSR count). The Hall–Kier alpha value is -1.92. The van der Waals surface area contributed by atoms with Crippen LogP contribution in [0.25, 0.3) is 10.2 Å². The Kier molecular flexibility index (Phi) is 4.93. The third-order valence-electron chi connectivity index (χ3n) is 3.34. The minimum Gasteiger partial charge on any atom is -0.462 e. The number of rotatable bonds is 5. The fourth-order valence-electron chi connectivity index (χ4n) is 2.30. The first kappa shape index (κ1) is 16.0. The largest absolute Gasteiger partial charge is 0.462 e. The first-order valence-electron chi connectivity index (χ1n) is 7.22. The van der Waals surface area contributed by atoms with E-state index in [1.54, 1.807) is 13.1 Å². The lowest BCUT2D eigenvalue weighted by molar-refractivity contribution is 0.0527. The number of pyridine rings is 1. The van der Waals surface area contributed by atoms with Crippen LogP contribution in [0.1, 0.15) is 22.8 Å². The molecule has 0 radical (unpaired) electrons. The fourth-order valence-corrected chi connectivity index (χ4v) is 3.73. The van der Waals surface area contributed by atoms with Crippen LogP contribution in [0.5, 0.6) is 0 Å². The topological polar surface area (TPSA) is 51.2 Å². The van der Waals surface area contributed by atoms with Crippen molar-refractivity contribution in [1.82, 2.24) is 4.98 Å². The molecule has 1 aromatic carbocycles. The molecule has 0 spiro atoms. The number of hydrogen-bond acceptors (Lipinski definition) is 5. The van der Waals surface area contributed by atoms with E-state index in [4.69, 9.17) is 4.74 Å². The van der Waals surface area contributed by atoms with Gasteiger partial charge in [-0.3, -0.25) is 0 Å². The number of aromatic nitrogens is 1. The summed E-state index contributed by atoms with van der Waals surface area (Å²) in [5, 5.41) is 4.29. The molecule has 1 N–H and O–H groups in total. The Morgan fingerprint density at radius 2 is 2.13 bits per heavy atom. The molecule has 0 aliphatic carbocycles. The summed E-state index contributed by atoms with van der Waals surface area (Å²) in [5.41, 5.74) is 2.36. The van der Waals surface area contributed by atoms with Gasteiger partial charge in [0.2, 0.25) is 0 Å². The van der Waals surface area contributed by atoms with Crippen molar-refractivity contribution in [3.63, 3.8) is 0 Å². The molecule has 2 aromatic heterocycles. The van der Waals surface area contributed by atoms with Crippen LogP contribution in [0.4, 0.5) is 5.69 Å². The van der Waals surface area contributed by atoms with Crippen LogP contribution in [0, 0.1) is 0 Å². The maximum Gasteiger partial charge on any atom is 0.341 e. The van der Waals surface area contributed by atoms with Crippen LogP contribution < -0.4 is 5.32 Å². The molecule has 23 heavy (non-hydrogen) atoms. The van der Waals surface area contributed by atoms with E-state index >= 15 is 0 Å². The number of carbonyl (C=O) groups is 1. The Balaban J connectivity index is 1.99. The van der Waals surface area contributed by atoms with Gasteiger partial charge in [0.15, 0.2) is 0 Å². The predicted octanol–water partition coefficient (Wildman–Crippen LogP) is 4.85. The molecular weight excluding hydrogens is 376 g/mol. The van der Waals surface area contributed by atoms with Crippen LogP contribution in [0.2, 0.25) is 0 Å². The van der Waals surface area contributed by atoms with Crippen LogP contribution in [-0.2, 0) is 11.3 Å². The average Bonchev–Trinajstić information content (AvgIpc) is 2.94. The highest BCUT2D eigenvalue weighted by molar-refractivity contribution is 9.11. The summed E-state index contributed by atoms with van der Waals surface area (Å²) >= 11 is 5.02. The number of nitrogens with zero attached hydrogens (tertiary/aromatic N) is 1. The molecular formula is C17H15BrN2O2S. The van der Waals surface area contributed by atoms with Gasteiger partial charge in [0, 0.05) is 18.1 Å². The summed E-state index contributed by atoms with van der Waals surface area (Å²) in [4.78, 5) is 17.5. The van der Waals surface area contributed by atoms with E-state index in [1.165, 1.54) is 11.3 Å². The van der Waals surface area contributed by atoms with E-state index < -0.39 is 0 Å². The van der Waals surface area contributed by atoms with Gasteiger partial charge in [-0.1, -0.05) is 30.3 Å². The summed E-state index contributed by atoms with van der Waals surface area (Å²) in [6, 6.07) is 12.0. The normalized spacial score (nSPS) is 10.7. The predicted molar refractivity (Wildman–Crippen MR) is 97.0 cm³/mol. The molecule has 0 aliphatic heterocycles. The number of thiophene rings is 1. The third-order valence-corrected chi connectivity index (χ3v) is 4.89. The molecule has 6 heteroatoms. The van der Waals surface area contributed by atoms with Crippen molar-refractivity contribution in [2.75, 3.05) is 11.9 Å². The Bertz CT molecular complexity index is 833. The number of fused-ring (bicyclic) bond motifs is 1. The lowest BCUT2D eigenvalue weighted by atomic mass is 10.1. The zero-order valence-corrected chi connectivity index (χ0v) is 14.9. The summed E-state index contributed by atoms with van der Waals surface area (Å²) < 4.78 is 6.12. The second-order valence-corrected chi connectivity index (χ2v) is 7.29. The van der Waals surface area contributed by atoms with E-state index in [9.17, 15) is 4.79 Å². The average molecular weight is 391 g/mol. The van der Waals surface area contributed by atoms with Crippen molar-refractivity contribution in [2.24, 2.45) is 0 Å². The Morgan fingerprint density at radius 1 is 1.35 bits per heavy atom. The molecule has 0 amide bonds. The maximum absolute atomic E-state index is 12.2. The van der Waals surface area contributed by atoms with E-state index in [-0.39, 0.29) is 5.97 Å². The highest BCUT2D eigenvalue weighted by Crippen LogP contribution is 2.35. The van der Waals surface area contributed by atoms with E-state index in [1.807, 2.05) is 36.4 Å². The zero-order chi connectivity index (χ0) is 16.2. The van der Waals surface area contributed by atoms with Crippen molar-refractivity contribution in [2.45, 2.75) is 13.5 Å². The van der Waals surface area contributed by atoms with Crippen LogP contribution in [0.15, 0.2) is 46.4 Å². The van der Waals surface area contributed by atoms with Crippen molar-refractivity contribution >= 4 is 49.1 Å². The summed E-state index contributed by atoms with van der Waals surface area (Å²) in [6.07, 6.45) is 1.58. The smallest absolute Gasteiger partial charge is 0.341 e. The molecule has 118 valence electrons. The quantitative estimate of drug-likeness (QED) is 0.632. The first-order chi connectivity index (χ1) is 11.2. The zero-order valence-electron chi connectivity index (χ0n) is 12.5. The van der Waals surface area contributed by atoms with Gasteiger partial charge >= 0.3 is 5.97 Å². The number of esters is 1. The molecule has 0 saturated carbocycles. The second kappa shape index (κ2) is 7.10.